The molecule has 0 aliphatic carbocycles. The number of nitrogens with zero attached hydrogens (tertiary/aromatic N) is 2. The molecule has 1 unspecified atom stereocenters. The largest absolute Gasteiger partial charge is 0.310 e. The van der Waals surface area contributed by atoms with Gasteiger partial charge < -0.3 is 5.32 Å². The highest BCUT2D eigenvalue weighted by Gasteiger charge is 2.01. The van der Waals surface area contributed by atoms with Crippen LogP contribution in [-0.4, -0.2) is 21.5 Å². The van der Waals surface area contributed by atoms with Gasteiger partial charge in [0.05, 0.1) is 0 Å². The van der Waals surface area contributed by atoms with E-state index in [4.69, 9.17) is 0 Å². The SMILES string of the molecule is CCC(C)NCc1ccc2n[nH]nc2c1. The van der Waals surface area contributed by atoms with Gasteiger partial charge in [0.1, 0.15) is 11.0 Å². The number of aromatic nitrogens is 3. The molecule has 4 heteroatoms. The first-order chi connectivity index (χ1) is 7.29. The first-order valence-electron chi connectivity index (χ1n) is 5.32. The average Bonchev–Trinajstić information content (AvgIpc) is 2.72. The summed E-state index contributed by atoms with van der Waals surface area (Å²) in [4.78, 5) is 0. The standard InChI is InChI=1S/C11H16N4/c1-3-8(2)12-7-9-4-5-10-11(6-9)14-15-13-10/h4-6,8,12H,3,7H2,1-2H3,(H,13,14,15). The molecule has 0 aliphatic heterocycles. The number of hydrogen-bond donors (Lipinski definition) is 2. The third kappa shape index (κ3) is 2.33. The zero-order valence-electron chi connectivity index (χ0n) is 9.12. The molecule has 1 atom stereocenters. The van der Waals surface area contributed by atoms with Crippen molar-refractivity contribution >= 4 is 11.0 Å². The van der Waals surface area contributed by atoms with Crippen molar-refractivity contribution in [3.8, 4) is 0 Å². The maximum Gasteiger partial charge on any atom is 0.113 e. The fraction of sp³-hybridized carbons (Fsp3) is 0.455. The molecule has 0 spiro atoms. The summed E-state index contributed by atoms with van der Waals surface area (Å²) in [7, 11) is 0. The van der Waals surface area contributed by atoms with Gasteiger partial charge in [-0.25, -0.2) is 0 Å². The summed E-state index contributed by atoms with van der Waals surface area (Å²) in [5.41, 5.74) is 3.09. The minimum absolute atomic E-state index is 0.554. The van der Waals surface area contributed by atoms with E-state index in [0.717, 1.165) is 24.0 Å². The van der Waals surface area contributed by atoms with E-state index < -0.39 is 0 Å². The van der Waals surface area contributed by atoms with Crippen LogP contribution in [0.5, 0.6) is 0 Å². The van der Waals surface area contributed by atoms with Gasteiger partial charge in [-0.3, -0.25) is 0 Å². The highest BCUT2D eigenvalue weighted by molar-refractivity contribution is 5.74. The van der Waals surface area contributed by atoms with Crippen molar-refractivity contribution in [3.05, 3.63) is 23.8 Å². The van der Waals surface area contributed by atoms with Gasteiger partial charge in [-0.05, 0) is 31.0 Å². The van der Waals surface area contributed by atoms with E-state index in [0.29, 0.717) is 6.04 Å². The quantitative estimate of drug-likeness (QED) is 0.799. The predicted molar refractivity (Wildman–Crippen MR) is 60.5 cm³/mol. The molecule has 15 heavy (non-hydrogen) atoms. The Kier molecular flexibility index (Phi) is 2.97. The lowest BCUT2D eigenvalue weighted by Gasteiger charge is -2.10. The van der Waals surface area contributed by atoms with Gasteiger partial charge in [-0.2, -0.15) is 15.4 Å². The van der Waals surface area contributed by atoms with Crippen molar-refractivity contribution in [2.24, 2.45) is 0 Å². The highest BCUT2D eigenvalue weighted by atomic mass is 15.3. The maximum absolute atomic E-state index is 4.06. The zero-order valence-corrected chi connectivity index (χ0v) is 9.12. The Labute approximate surface area is 89.1 Å². The normalized spacial score (nSPS) is 13.2. The third-order valence-electron chi connectivity index (χ3n) is 2.65. The van der Waals surface area contributed by atoms with Crippen LogP contribution in [0.1, 0.15) is 25.8 Å². The molecule has 1 heterocycles. The molecule has 0 aliphatic rings. The van der Waals surface area contributed by atoms with Crippen molar-refractivity contribution in [2.45, 2.75) is 32.9 Å². The second-order valence-corrected chi connectivity index (χ2v) is 3.84. The Morgan fingerprint density at radius 2 is 2.13 bits per heavy atom. The van der Waals surface area contributed by atoms with Gasteiger partial charge >= 0.3 is 0 Å². The molecule has 0 amide bonds. The Hall–Kier alpha value is -1.42. The molecule has 4 nitrogen and oxygen atoms in total. The third-order valence-corrected chi connectivity index (χ3v) is 2.65. The van der Waals surface area contributed by atoms with Crippen LogP contribution in [0.3, 0.4) is 0 Å². The molecule has 80 valence electrons. The van der Waals surface area contributed by atoms with Crippen LogP contribution in [0.25, 0.3) is 11.0 Å². The minimum atomic E-state index is 0.554. The van der Waals surface area contributed by atoms with Gasteiger partial charge in [0.2, 0.25) is 0 Å². The van der Waals surface area contributed by atoms with Crippen LogP contribution in [0.15, 0.2) is 18.2 Å². The maximum atomic E-state index is 4.06. The molecular formula is C11H16N4. The smallest absolute Gasteiger partial charge is 0.113 e. The van der Waals surface area contributed by atoms with Gasteiger partial charge in [-0.1, -0.05) is 13.0 Å². The number of benzene rings is 1. The number of nitrogens with one attached hydrogen (secondary N) is 2. The lowest BCUT2D eigenvalue weighted by atomic mass is 10.2. The summed E-state index contributed by atoms with van der Waals surface area (Å²) < 4.78 is 0. The van der Waals surface area contributed by atoms with Crippen molar-refractivity contribution in [1.82, 2.24) is 20.7 Å². The number of aromatic amines is 1. The van der Waals surface area contributed by atoms with Gasteiger partial charge in [-0.15, -0.1) is 0 Å². The molecule has 0 radical (unpaired) electrons. The Balaban J connectivity index is 2.08. The van der Waals surface area contributed by atoms with Crippen molar-refractivity contribution in [2.75, 3.05) is 0 Å². The Morgan fingerprint density at radius 3 is 2.93 bits per heavy atom. The zero-order chi connectivity index (χ0) is 10.7. The number of rotatable bonds is 4. The van der Waals surface area contributed by atoms with E-state index in [1.165, 1.54) is 5.56 Å². The molecule has 0 saturated heterocycles. The first-order valence-corrected chi connectivity index (χ1v) is 5.32. The fourth-order valence-corrected chi connectivity index (χ4v) is 1.43. The Bertz CT molecular complexity index is 435. The van der Waals surface area contributed by atoms with Gasteiger partial charge in [0.15, 0.2) is 0 Å². The summed E-state index contributed by atoms with van der Waals surface area (Å²) in [5.74, 6) is 0. The fourth-order valence-electron chi connectivity index (χ4n) is 1.43. The molecule has 1 aromatic heterocycles. The lowest BCUT2D eigenvalue weighted by Crippen LogP contribution is -2.24. The van der Waals surface area contributed by atoms with Crippen LogP contribution in [0.4, 0.5) is 0 Å². The topological polar surface area (TPSA) is 53.6 Å². The molecular weight excluding hydrogens is 188 g/mol. The van der Waals surface area contributed by atoms with E-state index in [1.54, 1.807) is 0 Å². The number of fused-ring (bicyclic) bond motifs is 1. The van der Waals surface area contributed by atoms with E-state index in [-0.39, 0.29) is 0 Å². The molecule has 1 aromatic carbocycles. The second-order valence-electron chi connectivity index (χ2n) is 3.84. The molecule has 2 aromatic rings. The molecule has 0 fully saturated rings. The predicted octanol–water partition coefficient (Wildman–Crippen LogP) is 1.85. The minimum Gasteiger partial charge on any atom is -0.310 e. The first kappa shape index (κ1) is 10.1. The second kappa shape index (κ2) is 4.40. The van der Waals surface area contributed by atoms with Crippen molar-refractivity contribution in [1.29, 1.82) is 0 Å². The monoisotopic (exact) mass is 204 g/mol. The number of H-pyrrole nitrogens is 1. The van der Waals surface area contributed by atoms with E-state index in [2.05, 4.69) is 46.7 Å². The van der Waals surface area contributed by atoms with E-state index >= 15 is 0 Å². The van der Waals surface area contributed by atoms with Gasteiger partial charge in [0.25, 0.3) is 0 Å². The molecule has 0 saturated carbocycles. The van der Waals surface area contributed by atoms with Crippen LogP contribution in [-0.2, 0) is 6.54 Å². The van der Waals surface area contributed by atoms with Crippen LogP contribution in [0.2, 0.25) is 0 Å². The van der Waals surface area contributed by atoms with E-state index in [1.807, 2.05) is 6.07 Å². The van der Waals surface area contributed by atoms with Crippen molar-refractivity contribution in [3.63, 3.8) is 0 Å². The number of hydrogen-bond acceptors (Lipinski definition) is 3. The summed E-state index contributed by atoms with van der Waals surface area (Å²) in [6.07, 6.45) is 1.15. The molecule has 2 rings (SSSR count). The summed E-state index contributed by atoms with van der Waals surface area (Å²) in [5, 5.41) is 14.1. The van der Waals surface area contributed by atoms with Crippen LogP contribution >= 0.6 is 0 Å². The molecule has 0 bridgehead atoms. The van der Waals surface area contributed by atoms with Crippen molar-refractivity contribution < 1.29 is 0 Å². The van der Waals surface area contributed by atoms with Gasteiger partial charge in [0, 0.05) is 12.6 Å². The lowest BCUT2D eigenvalue weighted by molar-refractivity contribution is 0.534. The average molecular weight is 204 g/mol. The summed E-state index contributed by atoms with van der Waals surface area (Å²) in [6, 6.07) is 6.69. The van der Waals surface area contributed by atoms with E-state index in [9.17, 15) is 0 Å². The Morgan fingerprint density at radius 1 is 1.33 bits per heavy atom. The van der Waals surface area contributed by atoms with Crippen LogP contribution in [0, 0.1) is 0 Å². The summed E-state index contributed by atoms with van der Waals surface area (Å²) in [6.45, 7) is 5.25. The highest BCUT2D eigenvalue weighted by Crippen LogP contribution is 2.10. The molecule has 2 N–H and O–H groups in total. The summed E-state index contributed by atoms with van der Waals surface area (Å²) >= 11 is 0. The van der Waals surface area contributed by atoms with Crippen LogP contribution < -0.4 is 5.32 Å².